The van der Waals surface area contributed by atoms with Gasteiger partial charge in [-0.2, -0.15) is 0 Å². The monoisotopic (exact) mass is 365 g/mol. The van der Waals surface area contributed by atoms with Crippen molar-refractivity contribution in [2.75, 3.05) is 19.6 Å². The van der Waals surface area contributed by atoms with Crippen molar-refractivity contribution in [2.45, 2.75) is 38.8 Å². The molecule has 0 saturated carbocycles. The minimum atomic E-state index is -0.670. The fourth-order valence-electron chi connectivity index (χ4n) is 3.09. The van der Waals surface area contributed by atoms with E-state index < -0.39 is 12.1 Å². The molecule has 144 valence electrons. The molecule has 2 atom stereocenters. The molecule has 0 spiro atoms. The molecule has 0 aromatic heterocycles. The van der Waals surface area contributed by atoms with Gasteiger partial charge in [0.25, 0.3) is 0 Å². The molecule has 1 fully saturated rings. The van der Waals surface area contributed by atoms with Gasteiger partial charge in [-0.25, -0.2) is 4.39 Å². The number of nitrogens with zero attached hydrogens (tertiary/aromatic N) is 1. The first kappa shape index (κ1) is 20.3. The van der Waals surface area contributed by atoms with Crippen molar-refractivity contribution in [3.8, 4) is 0 Å². The molecule has 0 aliphatic carbocycles. The van der Waals surface area contributed by atoms with Gasteiger partial charge < -0.3 is 21.1 Å². The Labute approximate surface area is 153 Å². The largest absolute Gasteiger partial charge is 0.388 e. The van der Waals surface area contributed by atoms with Crippen LogP contribution in [0.2, 0.25) is 0 Å². The van der Waals surface area contributed by atoms with Crippen molar-refractivity contribution in [1.82, 2.24) is 10.2 Å². The number of aliphatic hydroxyl groups is 1. The number of nitrogens with one attached hydrogen (secondary N) is 1. The number of aliphatic hydroxyl groups excluding tert-OH is 1. The number of rotatable bonds is 6. The minimum absolute atomic E-state index is 0.00814. The summed E-state index contributed by atoms with van der Waals surface area (Å²) in [6.45, 7) is 4.68. The summed E-state index contributed by atoms with van der Waals surface area (Å²) < 4.78 is 13.0. The molecule has 1 aliphatic rings. The number of benzene rings is 1. The third-order valence-corrected chi connectivity index (χ3v) is 4.99. The summed E-state index contributed by atoms with van der Waals surface area (Å²) in [5.74, 6) is -0.776. The van der Waals surface area contributed by atoms with E-state index in [1.54, 1.807) is 17.0 Å². The number of amides is 2. The van der Waals surface area contributed by atoms with Gasteiger partial charge in [-0.15, -0.1) is 0 Å². The first-order valence-corrected chi connectivity index (χ1v) is 9.04. The number of carbonyl (C=O) groups is 2. The summed E-state index contributed by atoms with van der Waals surface area (Å²) in [6.07, 6.45) is 0.643. The van der Waals surface area contributed by atoms with Crippen LogP contribution in [-0.4, -0.2) is 47.5 Å². The molecule has 1 unspecified atom stereocenters. The maximum atomic E-state index is 13.0. The van der Waals surface area contributed by atoms with Crippen LogP contribution in [0.1, 0.15) is 38.4 Å². The van der Waals surface area contributed by atoms with Gasteiger partial charge in [0, 0.05) is 13.1 Å². The molecule has 6 nitrogen and oxygen atoms in total. The number of halogens is 1. The van der Waals surface area contributed by atoms with Crippen LogP contribution < -0.4 is 11.1 Å². The van der Waals surface area contributed by atoms with Gasteiger partial charge in [0.05, 0.1) is 18.7 Å². The van der Waals surface area contributed by atoms with E-state index in [2.05, 4.69) is 5.32 Å². The van der Waals surface area contributed by atoms with Gasteiger partial charge in [0.15, 0.2) is 0 Å². The van der Waals surface area contributed by atoms with Gasteiger partial charge in [0.1, 0.15) is 5.82 Å². The standard InChI is InChI=1S/C19H28FN3O3/c1-12(2)17(21)19(26)22-11-16(24)23-9-7-14(8-10-23)18(25)13-3-5-15(20)6-4-13/h3-6,12,14,17-18,25H,7-11,21H2,1-2H3,(H,22,26)/t17-,18?/m0/s1. The smallest absolute Gasteiger partial charge is 0.241 e. The predicted octanol–water partition coefficient (Wildman–Crippen LogP) is 1.20. The van der Waals surface area contributed by atoms with Crippen molar-refractivity contribution in [3.63, 3.8) is 0 Å². The highest BCUT2D eigenvalue weighted by atomic mass is 19.1. The Bertz CT molecular complexity index is 613. The number of hydrogen-bond acceptors (Lipinski definition) is 4. The molecule has 4 N–H and O–H groups in total. The molecule has 1 heterocycles. The molecule has 2 amide bonds. The zero-order chi connectivity index (χ0) is 19.3. The lowest BCUT2D eigenvalue weighted by Crippen LogP contribution is -2.49. The van der Waals surface area contributed by atoms with E-state index in [4.69, 9.17) is 5.73 Å². The van der Waals surface area contributed by atoms with Gasteiger partial charge in [-0.1, -0.05) is 26.0 Å². The lowest BCUT2D eigenvalue weighted by molar-refractivity contribution is -0.135. The molecular weight excluding hydrogens is 337 g/mol. The SMILES string of the molecule is CC(C)[C@H](N)C(=O)NCC(=O)N1CCC(C(O)c2ccc(F)cc2)CC1. The van der Waals surface area contributed by atoms with E-state index in [0.29, 0.717) is 31.5 Å². The predicted molar refractivity (Wildman–Crippen MR) is 96.5 cm³/mol. The van der Waals surface area contributed by atoms with Gasteiger partial charge in [0.2, 0.25) is 11.8 Å². The van der Waals surface area contributed by atoms with Crippen molar-refractivity contribution in [2.24, 2.45) is 17.6 Å². The number of piperidine rings is 1. The van der Waals surface area contributed by atoms with Crippen molar-refractivity contribution < 1.29 is 19.1 Å². The topological polar surface area (TPSA) is 95.7 Å². The first-order valence-electron chi connectivity index (χ1n) is 9.04. The normalized spacial score (nSPS) is 17.8. The summed E-state index contributed by atoms with van der Waals surface area (Å²) in [5, 5.41) is 13.0. The molecule has 1 aliphatic heterocycles. The average Bonchev–Trinajstić information content (AvgIpc) is 2.65. The first-order chi connectivity index (χ1) is 12.3. The summed E-state index contributed by atoms with van der Waals surface area (Å²) in [6, 6.07) is 5.22. The van der Waals surface area contributed by atoms with Crippen LogP contribution in [0.15, 0.2) is 24.3 Å². The zero-order valence-corrected chi connectivity index (χ0v) is 15.3. The van der Waals surface area contributed by atoms with Crippen LogP contribution in [0.25, 0.3) is 0 Å². The summed E-state index contributed by atoms with van der Waals surface area (Å²) >= 11 is 0. The van der Waals surface area contributed by atoms with Crippen molar-refractivity contribution in [3.05, 3.63) is 35.6 Å². The molecule has 1 saturated heterocycles. The summed E-state index contributed by atoms with van der Waals surface area (Å²) in [5.41, 5.74) is 6.44. The van der Waals surface area contributed by atoms with E-state index in [1.807, 2.05) is 13.8 Å². The van der Waals surface area contributed by atoms with E-state index in [-0.39, 0.29) is 36.0 Å². The van der Waals surface area contributed by atoms with Crippen LogP contribution >= 0.6 is 0 Å². The molecule has 1 aromatic carbocycles. The average molecular weight is 365 g/mol. The number of carbonyl (C=O) groups excluding carboxylic acids is 2. The van der Waals surface area contributed by atoms with Crippen LogP contribution in [0.3, 0.4) is 0 Å². The zero-order valence-electron chi connectivity index (χ0n) is 15.3. The number of likely N-dealkylation sites (tertiary alicyclic amines) is 1. The fourth-order valence-corrected chi connectivity index (χ4v) is 3.09. The van der Waals surface area contributed by atoms with E-state index in [1.165, 1.54) is 12.1 Å². The highest BCUT2D eigenvalue weighted by molar-refractivity contribution is 5.87. The highest BCUT2D eigenvalue weighted by Gasteiger charge is 2.28. The second-order valence-electron chi connectivity index (χ2n) is 7.20. The third-order valence-electron chi connectivity index (χ3n) is 4.99. The highest BCUT2D eigenvalue weighted by Crippen LogP contribution is 2.30. The van der Waals surface area contributed by atoms with Gasteiger partial charge in [-0.3, -0.25) is 9.59 Å². The minimum Gasteiger partial charge on any atom is -0.388 e. The summed E-state index contributed by atoms with van der Waals surface area (Å²) in [4.78, 5) is 25.8. The summed E-state index contributed by atoms with van der Waals surface area (Å²) in [7, 11) is 0. The third kappa shape index (κ3) is 5.25. The van der Waals surface area contributed by atoms with Gasteiger partial charge in [-0.05, 0) is 42.4 Å². The van der Waals surface area contributed by atoms with Crippen molar-refractivity contribution in [1.29, 1.82) is 0 Å². The Balaban J connectivity index is 1.79. The van der Waals surface area contributed by atoms with E-state index >= 15 is 0 Å². The number of hydrogen-bond donors (Lipinski definition) is 3. The Morgan fingerprint density at radius 3 is 2.38 bits per heavy atom. The van der Waals surface area contributed by atoms with Crippen LogP contribution in [0, 0.1) is 17.7 Å². The Kier molecular flexibility index (Phi) is 7.11. The maximum absolute atomic E-state index is 13.0. The molecule has 7 heteroatoms. The Morgan fingerprint density at radius 2 is 1.85 bits per heavy atom. The van der Waals surface area contributed by atoms with Gasteiger partial charge >= 0.3 is 0 Å². The lowest BCUT2D eigenvalue weighted by Gasteiger charge is -2.34. The maximum Gasteiger partial charge on any atom is 0.241 e. The Hall–Kier alpha value is -1.99. The molecule has 26 heavy (non-hydrogen) atoms. The molecule has 0 bridgehead atoms. The number of nitrogens with two attached hydrogens (primary N) is 1. The van der Waals surface area contributed by atoms with Crippen LogP contribution in [-0.2, 0) is 9.59 Å². The molecule has 2 rings (SSSR count). The molecule has 0 radical (unpaired) electrons. The Morgan fingerprint density at radius 1 is 1.27 bits per heavy atom. The second-order valence-corrected chi connectivity index (χ2v) is 7.20. The lowest BCUT2D eigenvalue weighted by atomic mass is 9.87. The fraction of sp³-hybridized carbons (Fsp3) is 0.579. The quantitative estimate of drug-likeness (QED) is 0.706. The van der Waals surface area contributed by atoms with E-state index in [9.17, 15) is 19.1 Å². The molecular formula is C19H28FN3O3. The van der Waals surface area contributed by atoms with Crippen LogP contribution in [0.5, 0.6) is 0 Å². The second kappa shape index (κ2) is 9.09. The van der Waals surface area contributed by atoms with Crippen molar-refractivity contribution >= 4 is 11.8 Å². The van der Waals surface area contributed by atoms with Crippen LogP contribution in [0.4, 0.5) is 4.39 Å². The van der Waals surface area contributed by atoms with E-state index in [0.717, 1.165) is 0 Å². The molecule has 1 aromatic rings.